The Labute approximate surface area is 53.3 Å². The maximum atomic E-state index is 10.1. The molecule has 0 amide bonds. The lowest BCUT2D eigenvalue weighted by Gasteiger charge is -2.22. The lowest BCUT2D eigenvalue weighted by molar-refractivity contribution is -0.117. The van der Waals surface area contributed by atoms with Crippen molar-refractivity contribution in [3.63, 3.8) is 0 Å². The Morgan fingerprint density at radius 2 is 2.33 bits per heavy atom. The predicted molar refractivity (Wildman–Crippen MR) is 31.7 cm³/mol. The molecule has 0 aromatic rings. The van der Waals surface area contributed by atoms with E-state index in [-0.39, 0.29) is 0 Å². The van der Waals surface area contributed by atoms with E-state index in [1.54, 1.807) is 0 Å². The van der Waals surface area contributed by atoms with Crippen LogP contribution in [0.2, 0.25) is 0 Å². The van der Waals surface area contributed by atoms with Gasteiger partial charge in [-0.25, -0.2) is 0 Å². The third-order valence-corrected chi connectivity index (χ3v) is 1.27. The second-order valence-electron chi connectivity index (χ2n) is 2.06. The molecule has 0 aliphatic heterocycles. The Bertz CT molecular complexity index is 104. The molecular formula is C5H11NO3. The number of hydrogen-bond acceptors (Lipinski definition) is 4. The summed E-state index contributed by atoms with van der Waals surface area (Å²) in [5, 5.41) is 17.2. The smallest absolute Gasteiger partial charge is 0.144 e. The second kappa shape index (κ2) is 2.91. The molecule has 0 fully saturated rings. The molecule has 2 atom stereocenters. The Hall–Kier alpha value is -0.450. The fourth-order valence-electron chi connectivity index (χ4n) is 0.268. The fraction of sp³-hybridized carbons (Fsp3) is 0.800. The van der Waals surface area contributed by atoms with Gasteiger partial charge in [-0.05, 0) is 6.92 Å². The summed E-state index contributed by atoms with van der Waals surface area (Å²) in [6.07, 6.45) is -0.669. The monoisotopic (exact) mass is 133 g/mol. The minimum absolute atomic E-state index is 0.345. The van der Waals surface area contributed by atoms with Gasteiger partial charge in [0.2, 0.25) is 0 Å². The maximum absolute atomic E-state index is 10.1. The van der Waals surface area contributed by atoms with Crippen LogP contribution in [-0.2, 0) is 4.79 Å². The third kappa shape index (κ3) is 1.74. The van der Waals surface area contributed by atoms with Crippen molar-refractivity contribution in [1.82, 2.24) is 0 Å². The van der Waals surface area contributed by atoms with Gasteiger partial charge < -0.3 is 20.7 Å². The second-order valence-corrected chi connectivity index (χ2v) is 2.06. The topological polar surface area (TPSA) is 83.5 Å². The van der Waals surface area contributed by atoms with Crippen molar-refractivity contribution in [3.05, 3.63) is 0 Å². The lowest BCUT2D eigenvalue weighted by Crippen LogP contribution is -2.54. The molecule has 4 N–H and O–H groups in total. The first kappa shape index (κ1) is 8.55. The van der Waals surface area contributed by atoms with E-state index >= 15 is 0 Å². The van der Waals surface area contributed by atoms with Crippen LogP contribution in [0, 0.1) is 0 Å². The van der Waals surface area contributed by atoms with Gasteiger partial charge in [0.25, 0.3) is 0 Å². The molecule has 0 aromatic carbocycles. The van der Waals surface area contributed by atoms with Crippen molar-refractivity contribution in [2.24, 2.45) is 5.73 Å². The van der Waals surface area contributed by atoms with Crippen molar-refractivity contribution >= 4 is 6.29 Å². The summed E-state index contributed by atoms with van der Waals surface area (Å²) >= 11 is 0. The van der Waals surface area contributed by atoms with Crippen molar-refractivity contribution in [2.45, 2.75) is 18.6 Å². The van der Waals surface area contributed by atoms with E-state index in [0.29, 0.717) is 6.29 Å². The number of aliphatic hydroxyl groups is 2. The summed E-state index contributed by atoms with van der Waals surface area (Å²) in [4.78, 5) is 10.1. The number of carbonyl (C=O) groups excluding carboxylic acids is 1. The van der Waals surface area contributed by atoms with Crippen molar-refractivity contribution in [1.29, 1.82) is 0 Å². The molecule has 4 heteroatoms. The number of rotatable bonds is 3. The molecule has 0 heterocycles. The van der Waals surface area contributed by atoms with Gasteiger partial charge in [0, 0.05) is 0 Å². The Kier molecular flexibility index (Phi) is 2.76. The van der Waals surface area contributed by atoms with Gasteiger partial charge >= 0.3 is 0 Å². The summed E-state index contributed by atoms with van der Waals surface area (Å²) in [6, 6.07) is 0. The first-order chi connectivity index (χ1) is 4.06. The van der Waals surface area contributed by atoms with E-state index in [4.69, 9.17) is 15.9 Å². The number of hydrogen-bond donors (Lipinski definition) is 3. The van der Waals surface area contributed by atoms with E-state index in [2.05, 4.69) is 0 Å². The Balaban J connectivity index is 4.08. The third-order valence-electron chi connectivity index (χ3n) is 1.27. The van der Waals surface area contributed by atoms with Crippen molar-refractivity contribution in [3.8, 4) is 0 Å². The zero-order valence-corrected chi connectivity index (χ0v) is 5.24. The van der Waals surface area contributed by atoms with E-state index < -0.39 is 18.2 Å². The highest BCUT2D eigenvalue weighted by Crippen LogP contribution is 2.00. The Morgan fingerprint density at radius 1 is 1.89 bits per heavy atom. The largest absolute Gasteiger partial charge is 0.394 e. The minimum Gasteiger partial charge on any atom is -0.394 e. The zero-order valence-electron chi connectivity index (χ0n) is 5.24. The highest BCUT2D eigenvalue weighted by Gasteiger charge is 2.28. The molecule has 9 heavy (non-hydrogen) atoms. The fourth-order valence-corrected chi connectivity index (χ4v) is 0.268. The van der Waals surface area contributed by atoms with E-state index in [0.717, 1.165) is 0 Å². The molecule has 0 spiro atoms. The molecule has 0 saturated carbocycles. The zero-order chi connectivity index (χ0) is 7.49. The standard InChI is InChI=1S/C5H11NO3/c1-4(9)5(6,2-7)3-8/h2,4,8-9H,3,6H2,1H3/t4-,5+/m1/s1. The van der Waals surface area contributed by atoms with Gasteiger partial charge in [-0.2, -0.15) is 0 Å². The summed E-state index contributed by atoms with van der Waals surface area (Å²) < 4.78 is 0. The average molecular weight is 133 g/mol. The lowest BCUT2D eigenvalue weighted by atomic mass is 9.98. The average Bonchev–Trinajstić information content (AvgIpc) is 1.86. The Morgan fingerprint density at radius 3 is 2.33 bits per heavy atom. The number of carbonyl (C=O) groups is 1. The van der Waals surface area contributed by atoms with Gasteiger partial charge in [-0.15, -0.1) is 0 Å². The molecule has 0 saturated heterocycles. The summed E-state index contributed by atoms with van der Waals surface area (Å²) in [6.45, 7) is 0.818. The van der Waals surface area contributed by atoms with Crippen LogP contribution in [0.15, 0.2) is 0 Å². The van der Waals surface area contributed by atoms with E-state index in [1.807, 2.05) is 0 Å². The van der Waals surface area contributed by atoms with Crippen LogP contribution < -0.4 is 5.73 Å². The maximum Gasteiger partial charge on any atom is 0.144 e. The molecule has 0 unspecified atom stereocenters. The molecule has 0 aliphatic carbocycles. The van der Waals surface area contributed by atoms with Gasteiger partial charge in [0.1, 0.15) is 11.8 Å². The summed E-state index contributed by atoms with van der Waals surface area (Å²) in [7, 11) is 0. The quantitative estimate of drug-likeness (QED) is 0.399. The van der Waals surface area contributed by atoms with Crippen LogP contribution in [0.3, 0.4) is 0 Å². The van der Waals surface area contributed by atoms with E-state index in [9.17, 15) is 4.79 Å². The summed E-state index contributed by atoms with van der Waals surface area (Å²) in [5.74, 6) is 0. The van der Waals surface area contributed by atoms with Gasteiger partial charge in [-0.3, -0.25) is 0 Å². The van der Waals surface area contributed by atoms with Crippen LogP contribution in [0.4, 0.5) is 0 Å². The van der Waals surface area contributed by atoms with Gasteiger partial charge in [0.05, 0.1) is 12.7 Å². The number of aldehydes is 1. The van der Waals surface area contributed by atoms with Crippen LogP contribution in [0.1, 0.15) is 6.92 Å². The molecular weight excluding hydrogens is 122 g/mol. The number of nitrogens with two attached hydrogens (primary N) is 1. The SMILES string of the molecule is C[C@@H](O)[C@](N)(C=O)CO. The van der Waals surface area contributed by atoms with Crippen molar-refractivity contribution in [2.75, 3.05) is 6.61 Å². The molecule has 0 aromatic heterocycles. The number of aliphatic hydroxyl groups excluding tert-OH is 2. The van der Waals surface area contributed by atoms with Crippen LogP contribution in [-0.4, -0.2) is 34.7 Å². The van der Waals surface area contributed by atoms with Gasteiger partial charge in [-0.1, -0.05) is 0 Å². The summed E-state index contributed by atoms with van der Waals surface area (Å²) in [5.41, 5.74) is 3.69. The van der Waals surface area contributed by atoms with Crippen LogP contribution in [0.25, 0.3) is 0 Å². The molecule has 0 rings (SSSR count). The first-order valence-corrected chi connectivity index (χ1v) is 2.61. The molecule has 54 valence electrons. The van der Waals surface area contributed by atoms with Crippen molar-refractivity contribution < 1.29 is 15.0 Å². The normalized spacial score (nSPS) is 20.4. The van der Waals surface area contributed by atoms with Crippen LogP contribution >= 0.6 is 0 Å². The van der Waals surface area contributed by atoms with Crippen LogP contribution in [0.5, 0.6) is 0 Å². The highest BCUT2D eigenvalue weighted by atomic mass is 16.3. The highest BCUT2D eigenvalue weighted by molar-refractivity contribution is 5.65. The molecule has 0 aliphatic rings. The van der Waals surface area contributed by atoms with E-state index in [1.165, 1.54) is 6.92 Å². The predicted octanol–water partition coefficient (Wildman–Crippen LogP) is -1.74. The minimum atomic E-state index is -1.49. The first-order valence-electron chi connectivity index (χ1n) is 2.61. The molecule has 0 bridgehead atoms. The molecule has 4 nitrogen and oxygen atoms in total. The van der Waals surface area contributed by atoms with Gasteiger partial charge in [0.15, 0.2) is 0 Å². The molecule has 0 radical (unpaired) electrons.